The van der Waals surface area contributed by atoms with Crippen LogP contribution in [0, 0.1) is 0 Å². The maximum atomic E-state index is 11.9. The zero-order valence-corrected chi connectivity index (χ0v) is 11.5. The number of carbonyl (C=O) groups excluding carboxylic acids is 1. The second-order valence-corrected chi connectivity index (χ2v) is 5.22. The van der Waals surface area contributed by atoms with Gasteiger partial charge in [-0.3, -0.25) is 9.59 Å². The van der Waals surface area contributed by atoms with Crippen LogP contribution in [0.4, 0.5) is 0 Å². The van der Waals surface area contributed by atoms with Crippen LogP contribution < -0.4 is 5.32 Å². The van der Waals surface area contributed by atoms with Crippen molar-refractivity contribution < 1.29 is 19.4 Å². The number of hydrogen-bond acceptors (Lipinski definition) is 3. The van der Waals surface area contributed by atoms with Crippen molar-refractivity contribution in [2.45, 2.75) is 31.3 Å². The third-order valence-corrected chi connectivity index (χ3v) is 3.72. The lowest BCUT2D eigenvalue weighted by atomic mass is 9.82. The third-order valence-electron chi connectivity index (χ3n) is 3.72. The molecule has 0 spiro atoms. The van der Waals surface area contributed by atoms with E-state index in [0.717, 1.165) is 6.42 Å². The molecule has 1 aliphatic heterocycles. The van der Waals surface area contributed by atoms with Gasteiger partial charge in [-0.25, -0.2) is 0 Å². The number of carboxylic acids is 1. The molecule has 0 aromatic heterocycles. The van der Waals surface area contributed by atoms with E-state index in [4.69, 9.17) is 4.74 Å². The lowest BCUT2D eigenvalue weighted by Gasteiger charge is -2.26. The smallest absolute Gasteiger partial charge is 0.315 e. The van der Waals surface area contributed by atoms with Crippen molar-refractivity contribution in [2.75, 3.05) is 13.2 Å². The molecule has 0 aliphatic carbocycles. The molecule has 2 rings (SSSR count). The molecule has 2 N–H and O–H groups in total. The molecule has 1 heterocycles. The van der Waals surface area contributed by atoms with E-state index in [0.29, 0.717) is 18.6 Å². The molecule has 5 nitrogen and oxygen atoms in total. The molecule has 0 radical (unpaired) electrons. The molecule has 1 aromatic rings. The molecule has 0 bridgehead atoms. The number of aliphatic carboxylic acids is 1. The van der Waals surface area contributed by atoms with Crippen LogP contribution in [0.15, 0.2) is 30.3 Å². The molecule has 5 heteroatoms. The lowest BCUT2D eigenvalue weighted by Crippen LogP contribution is -2.46. The molecule has 108 valence electrons. The average molecular weight is 277 g/mol. The van der Waals surface area contributed by atoms with Crippen LogP contribution in [-0.4, -0.2) is 36.2 Å². The number of rotatable bonds is 5. The van der Waals surface area contributed by atoms with Gasteiger partial charge < -0.3 is 15.2 Å². The minimum Gasteiger partial charge on any atom is -0.481 e. The highest BCUT2D eigenvalue weighted by molar-refractivity contribution is 5.84. The summed E-state index contributed by atoms with van der Waals surface area (Å²) in [6.45, 7) is 2.25. The fourth-order valence-electron chi connectivity index (χ4n) is 2.27. The fourth-order valence-corrected chi connectivity index (χ4v) is 2.27. The minimum atomic E-state index is -1.14. The first kappa shape index (κ1) is 14.5. The standard InChI is InChI=1S/C15H19NO4/c1-15(14(18)19,11-6-3-2-4-7-11)10-16-13(17)12-8-5-9-20-12/h2-4,6-7,12H,5,8-10H2,1H3,(H,16,17)(H,18,19). The van der Waals surface area contributed by atoms with E-state index in [1.54, 1.807) is 31.2 Å². The Balaban J connectivity index is 2.06. The summed E-state index contributed by atoms with van der Waals surface area (Å²) in [4.78, 5) is 23.5. The third kappa shape index (κ3) is 2.99. The molecule has 2 atom stereocenters. The zero-order chi connectivity index (χ0) is 14.6. The first-order valence-corrected chi connectivity index (χ1v) is 6.72. The van der Waals surface area contributed by atoms with Crippen molar-refractivity contribution in [3.8, 4) is 0 Å². The van der Waals surface area contributed by atoms with Gasteiger partial charge in [0, 0.05) is 13.2 Å². The molecule has 1 saturated heterocycles. The van der Waals surface area contributed by atoms with E-state index in [1.165, 1.54) is 0 Å². The zero-order valence-electron chi connectivity index (χ0n) is 11.5. The maximum absolute atomic E-state index is 11.9. The van der Waals surface area contributed by atoms with Gasteiger partial charge in [-0.15, -0.1) is 0 Å². The Morgan fingerprint density at radius 3 is 2.65 bits per heavy atom. The van der Waals surface area contributed by atoms with Crippen LogP contribution in [0.25, 0.3) is 0 Å². The Morgan fingerprint density at radius 1 is 1.40 bits per heavy atom. The number of hydrogen-bond donors (Lipinski definition) is 2. The van der Waals surface area contributed by atoms with Crippen molar-refractivity contribution in [1.82, 2.24) is 5.32 Å². The average Bonchev–Trinajstić information content (AvgIpc) is 2.99. The van der Waals surface area contributed by atoms with Crippen LogP contribution in [-0.2, 0) is 19.7 Å². The SMILES string of the molecule is CC(CNC(=O)C1CCCO1)(C(=O)O)c1ccccc1. The number of ether oxygens (including phenoxy) is 1. The predicted molar refractivity (Wildman–Crippen MR) is 73.4 cm³/mol. The summed E-state index contributed by atoms with van der Waals surface area (Å²) in [5, 5.41) is 12.2. The summed E-state index contributed by atoms with van der Waals surface area (Å²) in [6, 6.07) is 8.92. The maximum Gasteiger partial charge on any atom is 0.315 e. The molecule has 1 amide bonds. The summed E-state index contributed by atoms with van der Waals surface area (Å²) in [7, 11) is 0. The number of carbonyl (C=O) groups is 2. The van der Waals surface area contributed by atoms with Crippen LogP contribution >= 0.6 is 0 Å². The van der Waals surface area contributed by atoms with E-state index in [9.17, 15) is 14.7 Å². The summed E-state index contributed by atoms with van der Waals surface area (Å²) >= 11 is 0. The highest BCUT2D eigenvalue weighted by Crippen LogP contribution is 2.23. The molecule has 2 unspecified atom stereocenters. The second-order valence-electron chi connectivity index (χ2n) is 5.22. The Bertz CT molecular complexity index is 482. The summed E-state index contributed by atoms with van der Waals surface area (Å²) < 4.78 is 5.29. The van der Waals surface area contributed by atoms with E-state index in [2.05, 4.69) is 5.32 Å². The highest BCUT2D eigenvalue weighted by Gasteiger charge is 2.36. The van der Waals surface area contributed by atoms with E-state index in [1.807, 2.05) is 6.07 Å². The molecular weight excluding hydrogens is 258 g/mol. The first-order valence-electron chi connectivity index (χ1n) is 6.72. The van der Waals surface area contributed by atoms with Crippen LogP contribution in [0.3, 0.4) is 0 Å². The summed E-state index contributed by atoms with van der Waals surface area (Å²) in [5.41, 5.74) is -0.477. The van der Waals surface area contributed by atoms with Gasteiger partial charge in [0.15, 0.2) is 0 Å². The predicted octanol–water partition coefficient (Wildman–Crippen LogP) is 1.32. The van der Waals surface area contributed by atoms with Gasteiger partial charge in [0.05, 0.1) is 0 Å². The van der Waals surface area contributed by atoms with Gasteiger partial charge in [0.2, 0.25) is 5.91 Å². The Labute approximate surface area is 117 Å². The van der Waals surface area contributed by atoms with Crippen molar-refractivity contribution in [2.24, 2.45) is 0 Å². The van der Waals surface area contributed by atoms with Crippen molar-refractivity contribution >= 4 is 11.9 Å². The number of benzene rings is 1. The van der Waals surface area contributed by atoms with Crippen molar-refractivity contribution in [1.29, 1.82) is 0 Å². The van der Waals surface area contributed by atoms with Crippen molar-refractivity contribution in [3.63, 3.8) is 0 Å². The molecule has 20 heavy (non-hydrogen) atoms. The van der Waals surface area contributed by atoms with Gasteiger partial charge in [-0.05, 0) is 25.3 Å². The van der Waals surface area contributed by atoms with Gasteiger partial charge in [-0.2, -0.15) is 0 Å². The summed E-state index contributed by atoms with van der Waals surface area (Å²) in [5.74, 6) is -1.19. The lowest BCUT2D eigenvalue weighted by molar-refractivity contribution is -0.143. The number of nitrogens with one attached hydrogen (secondary N) is 1. The van der Waals surface area contributed by atoms with Crippen LogP contribution in [0.2, 0.25) is 0 Å². The Morgan fingerprint density at radius 2 is 2.10 bits per heavy atom. The highest BCUT2D eigenvalue weighted by atomic mass is 16.5. The Hall–Kier alpha value is -1.88. The molecule has 1 fully saturated rings. The normalized spacial score (nSPS) is 21.1. The number of amides is 1. The number of carboxylic acid groups (broad SMARTS) is 1. The quantitative estimate of drug-likeness (QED) is 0.851. The van der Waals surface area contributed by atoms with Crippen molar-refractivity contribution in [3.05, 3.63) is 35.9 Å². The van der Waals surface area contributed by atoms with Gasteiger partial charge >= 0.3 is 5.97 Å². The van der Waals surface area contributed by atoms with Gasteiger partial charge in [0.25, 0.3) is 0 Å². The molecule has 0 saturated carbocycles. The first-order chi connectivity index (χ1) is 9.54. The van der Waals surface area contributed by atoms with E-state index in [-0.39, 0.29) is 12.5 Å². The second kappa shape index (κ2) is 6.05. The van der Waals surface area contributed by atoms with E-state index >= 15 is 0 Å². The largest absolute Gasteiger partial charge is 0.481 e. The van der Waals surface area contributed by atoms with Crippen LogP contribution in [0.5, 0.6) is 0 Å². The monoisotopic (exact) mass is 277 g/mol. The minimum absolute atomic E-state index is 0.0467. The molecule has 1 aromatic carbocycles. The molecular formula is C15H19NO4. The van der Waals surface area contributed by atoms with Gasteiger partial charge in [0.1, 0.15) is 11.5 Å². The molecule has 1 aliphatic rings. The van der Waals surface area contributed by atoms with E-state index < -0.39 is 17.5 Å². The Kier molecular flexibility index (Phi) is 4.39. The summed E-state index contributed by atoms with van der Waals surface area (Å²) in [6.07, 6.45) is 1.12. The topological polar surface area (TPSA) is 75.6 Å². The fraction of sp³-hybridized carbons (Fsp3) is 0.467. The van der Waals surface area contributed by atoms with Crippen LogP contribution in [0.1, 0.15) is 25.3 Å². The van der Waals surface area contributed by atoms with Gasteiger partial charge in [-0.1, -0.05) is 30.3 Å².